The van der Waals surface area contributed by atoms with Crippen molar-refractivity contribution in [3.05, 3.63) is 106 Å². The van der Waals surface area contributed by atoms with Crippen molar-refractivity contribution in [1.82, 2.24) is 9.88 Å². The maximum atomic E-state index is 12.5. The molecule has 4 rings (SSSR count). The molecule has 0 spiro atoms. The van der Waals surface area contributed by atoms with Gasteiger partial charge in [-0.3, -0.25) is 0 Å². The zero-order chi connectivity index (χ0) is 28.8. The van der Waals surface area contributed by atoms with Crippen LogP contribution in [0.2, 0.25) is 0 Å². The van der Waals surface area contributed by atoms with Crippen molar-refractivity contribution in [1.29, 1.82) is 0 Å². The number of fused-ring (bicyclic) bond motifs is 1. The third-order valence-corrected chi connectivity index (χ3v) is 7.35. The minimum Gasteiger partial charge on any atom is -0.481 e. The van der Waals surface area contributed by atoms with Crippen LogP contribution in [0.25, 0.3) is 10.9 Å². The molecule has 1 heterocycles. The van der Waals surface area contributed by atoms with Crippen molar-refractivity contribution >= 4 is 26.8 Å². The second-order valence-corrected chi connectivity index (χ2v) is 10.2. The Morgan fingerprint density at radius 2 is 1.49 bits per heavy atom. The van der Waals surface area contributed by atoms with E-state index in [-0.39, 0.29) is 5.92 Å². The van der Waals surface area contributed by atoms with E-state index in [0.29, 0.717) is 18.7 Å². The van der Waals surface area contributed by atoms with Gasteiger partial charge in [0.05, 0.1) is 18.2 Å². The molecule has 0 radical (unpaired) electrons. The van der Waals surface area contributed by atoms with Crippen LogP contribution in [0.5, 0.6) is 5.88 Å². The number of benzene rings is 3. The molecule has 3 aromatic carbocycles. The summed E-state index contributed by atoms with van der Waals surface area (Å²) in [7, 11) is 5.75. The van der Waals surface area contributed by atoms with E-state index in [4.69, 9.17) is 9.72 Å². The van der Waals surface area contributed by atoms with E-state index in [1.807, 2.05) is 84.3 Å². The third-order valence-electron chi connectivity index (χ3n) is 6.65. The van der Waals surface area contributed by atoms with Crippen LogP contribution in [0, 0.1) is 0 Å². The lowest BCUT2D eigenvalue weighted by molar-refractivity contribution is 0.000776. The quantitative estimate of drug-likeness (QED) is 0.200. The summed E-state index contributed by atoms with van der Waals surface area (Å²) in [5, 5.41) is 13.5. The predicted octanol–water partition coefficient (Wildman–Crippen LogP) is 8.51. The topological polar surface area (TPSA) is 45.6 Å². The Balaban J connectivity index is 0.00000127. The first-order valence-corrected chi connectivity index (χ1v) is 14.8. The van der Waals surface area contributed by atoms with E-state index in [2.05, 4.69) is 63.3 Å². The Morgan fingerprint density at radius 1 is 0.872 bits per heavy atom. The second-order valence-electron chi connectivity index (χ2n) is 9.38. The van der Waals surface area contributed by atoms with Gasteiger partial charge in [-0.25, -0.2) is 4.98 Å². The van der Waals surface area contributed by atoms with Crippen molar-refractivity contribution in [2.75, 3.05) is 27.7 Å². The molecule has 0 aliphatic rings. The first-order chi connectivity index (χ1) is 18.9. The lowest BCUT2D eigenvalue weighted by Crippen LogP contribution is -2.40. The summed E-state index contributed by atoms with van der Waals surface area (Å²) in [6.07, 6.45) is 2.01. The number of aliphatic hydroxyl groups is 1. The van der Waals surface area contributed by atoms with E-state index in [9.17, 15) is 5.11 Å². The van der Waals surface area contributed by atoms with Crippen molar-refractivity contribution in [2.24, 2.45) is 0 Å². The molecule has 2 atom stereocenters. The highest BCUT2D eigenvalue weighted by Crippen LogP contribution is 2.44. The number of aromatic nitrogens is 1. The van der Waals surface area contributed by atoms with E-state index in [0.717, 1.165) is 39.5 Å². The van der Waals surface area contributed by atoms with Gasteiger partial charge >= 0.3 is 0 Å². The summed E-state index contributed by atoms with van der Waals surface area (Å²) in [6, 6.07) is 28.7. The normalized spacial score (nSPS) is 13.0. The SMILES string of the molecule is CC.CC.COc1nc2cccc(Br)c2cc1C(c1ccccc1)C(O)(CCc1ccccc1)CCN(C)C. The Morgan fingerprint density at radius 3 is 2.08 bits per heavy atom. The maximum absolute atomic E-state index is 12.5. The molecule has 5 heteroatoms. The summed E-state index contributed by atoms with van der Waals surface area (Å²) >= 11 is 3.69. The van der Waals surface area contributed by atoms with Crippen molar-refractivity contribution in [3.8, 4) is 5.88 Å². The van der Waals surface area contributed by atoms with Gasteiger partial charge in [-0.05, 0) is 62.7 Å². The summed E-state index contributed by atoms with van der Waals surface area (Å²) < 4.78 is 6.80. The van der Waals surface area contributed by atoms with Crippen molar-refractivity contribution in [3.63, 3.8) is 0 Å². The van der Waals surface area contributed by atoms with Crippen molar-refractivity contribution in [2.45, 2.75) is 58.5 Å². The lowest BCUT2D eigenvalue weighted by Gasteiger charge is -2.38. The van der Waals surface area contributed by atoms with Gasteiger partial charge in [-0.15, -0.1) is 0 Å². The van der Waals surface area contributed by atoms with Gasteiger partial charge in [0.25, 0.3) is 0 Å². The molecule has 0 bridgehead atoms. The second kappa shape index (κ2) is 16.4. The molecule has 0 amide bonds. The number of ether oxygens (including phenoxy) is 1. The van der Waals surface area contributed by atoms with Gasteiger partial charge in [0.1, 0.15) is 0 Å². The molecule has 1 N–H and O–H groups in total. The maximum Gasteiger partial charge on any atom is 0.217 e. The fraction of sp³-hybridized carbons (Fsp3) is 0.382. The van der Waals surface area contributed by atoms with E-state index < -0.39 is 5.60 Å². The summed E-state index contributed by atoms with van der Waals surface area (Å²) in [5.74, 6) is 0.235. The number of pyridine rings is 1. The lowest BCUT2D eigenvalue weighted by atomic mass is 9.72. The molecular weight excluding hydrogens is 548 g/mol. The fourth-order valence-corrected chi connectivity index (χ4v) is 5.26. The predicted molar refractivity (Wildman–Crippen MR) is 170 cm³/mol. The number of halogens is 1. The Kier molecular flexibility index (Phi) is 13.7. The van der Waals surface area contributed by atoms with Crippen LogP contribution in [0.3, 0.4) is 0 Å². The summed E-state index contributed by atoms with van der Waals surface area (Å²) in [5.41, 5.74) is 2.99. The highest BCUT2D eigenvalue weighted by Gasteiger charge is 2.40. The van der Waals surface area contributed by atoms with Crippen LogP contribution in [0.4, 0.5) is 0 Å². The van der Waals surface area contributed by atoms with Gasteiger partial charge in [0.15, 0.2) is 0 Å². The van der Waals surface area contributed by atoms with E-state index in [1.165, 1.54) is 5.56 Å². The zero-order valence-corrected chi connectivity index (χ0v) is 26.2. The molecule has 4 aromatic rings. The number of hydrogen-bond donors (Lipinski definition) is 1. The highest BCUT2D eigenvalue weighted by molar-refractivity contribution is 9.10. The van der Waals surface area contributed by atoms with Crippen LogP contribution in [-0.2, 0) is 6.42 Å². The van der Waals surface area contributed by atoms with E-state index >= 15 is 0 Å². The largest absolute Gasteiger partial charge is 0.481 e. The standard InChI is InChI=1S/C30H33BrN2O2.2C2H6/c1-33(2)20-19-30(34,18-17-22-11-6-4-7-12-22)28(23-13-8-5-9-14-23)25-21-24-26(31)15-10-16-27(24)32-29(25)35-3;2*1-2/h4-16,21,28,34H,17-20H2,1-3H3;2*1-2H3. The molecule has 1 aromatic heterocycles. The summed E-state index contributed by atoms with van der Waals surface area (Å²) in [4.78, 5) is 6.98. The number of nitrogens with zero attached hydrogens (tertiary/aromatic N) is 2. The number of hydrogen-bond acceptors (Lipinski definition) is 4. The minimum absolute atomic E-state index is 0.314. The molecule has 2 unspecified atom stereocenters. The Bertz CT molecular complexity index is 1250. The fourth-order valence-electron chi connectivity index (χ4n) is 4.79. The molecule has 0 aliphatic carbocycles. The van der Waals surface area contributed by atoms with Crippen LogP contribution in [0.15, 0.2) is 89.4 Å². The number of rotatable bonds is 10. The van der Waals surface area contributed by atoms with Gasteiger partial charge in [0.2, 0.25) is 5.88 Å². The molecule has 39 heavy (non-hydrogen) atoms. The average Bonchev–Trinajstić information content (AvgIpc) is 2.98. The Hall–Kier alpha value is -2.73. The van der Waals surface area contributed by atoms with Gasteiger partial charge in [-0.1, -0.05) is 110 Å². The number of aryl methyl sites for hydroxylation is 1. The van der Waals surface area contributed by atoms with E-state index in [1.54, 1.807) is 7.11 Å². The molecule has 210 valence electrons. The first-order valence-electron chi connectivity index (χ1n) is 14.0. The van der Waals surface area contributed by atoms with Gasteiger partial charge in [0, 0.05) is 27.9 Å². The highest BCUT2D eigenvalue weighted by atomic mass is 79.9. The molecule has 0 saturated heterocycles. The monoisotopic (exact) mass is 592 g/mol. The molecule has 4 nitrogen and oxygen atoms in total. The molecular formula is C34H45BrN2O2. The van der Waals surface area contributed by atoms with Gasteiger partial charge in [-0.2, -0.15) is 0 Å². The van der Waals surface area contributed by atoms with Crippen molar-refractivity contribution < 1.29 is 9.84 Å². The summed E-state index contributed by atoms with van der Waals surface area (Å²) in [6.45, 7) is 8.77. The van der Waals surface area contributed by atoms with Gasteiger partial charge < -0.3 is 14.7 Å². The zero-order valence-electron chi connectivity index (χ0n) is 24.6. The smallest absolute Gasteiger partial charge is 0.217 e. The molecule has 0 fully saturated rings. The van der Waals surface area contributed by atoms with Crippen LogP contribution < -0.4 is 4.74 Å². The molecule has 0 saturated carbocycles. The first kappa shape index (κ1) is 32.5. The van der Waals surface area contributed by atoms with Crippen LogP contribution >= 0.6 is 15.9 Å². The molecule has 0 aliphatic heterocycles. The Labute approximate surface area is 244 Å². The minimum atomic E-state index is -1.02. The average molecular weight is 594 g/mol. The van der Waals surface area contributed by atoms with Crippen LogP contribution in [0.1, 0.15) is 63.1 Å². The number of methoxy groups -OCH3 is 1. The third kappa shape index (κ3) is 8.63. The van der Waals surface area contributed by atoms with Crippen LogP contribution in [-0.4, -0.2) is 48.3 Å².